The van der Waals surface area contributed by atoms with E-state index in [9.17, 15) is 70.2 Å². The number of ether oxygens (including phenoxy) is 1. The molecular formula is C12F16O. The smallest absolute Gasteiger partial charge is 0.397 e. The highest BCUT2D eigenvalue weighted by Crippen LogP contribution is 2.58. The molecule has 0 atom stereocenters. The van der Waals surface area contributed by atoms with Crippen LogP contribution in [0.1, 0.15) is 5.56 Å². The molecule has 0 fully saturated rings. The van der Waals surface area contributed by atoms with Crippen LogP contribution in [0.5, 0.6) is 0 Å². The normalized spacial score (nSPS) is 13.5. The molecule has 0 unspecified atom stereocenters. The first kappa shape index (κ1) is 24.7. The van der Waals surface area contributed by atoms with Crippen molar-refractivity contribution in [2.75, 3.05) is 0 Å². The maximum absolute atomic E-state index is 13.7. The molecule has 0 aliphatic rings. The van der Waals surface area contributed by atoms with Gasteiger partial charge in [-0.2, -0.15) is 48.3 Å². The van der Waals surface area contributed by atoms with Gasteiger partial charge < -0.3 is 4.74 Å². The number of benzene rings is 1. The van der Waals surface area contributed by atoms with E-state index in [1.165, 1.54) is 0 Å². The van der Waals surface area contributed by atoms with Gasteiger partial charge in [0.1, 0.15) is 5.56 Å². The lowest BCUT2D eigenvalue weighted by atomic mass is 9.95. The molecule has 17 heteroatoms. The molecule has 0 spiro atoms. The quantitative estimate of drug-likeness (QED) is 0.205. The number of rotatable bonds is 6. The highest BCUT2D eigenvalue weighted by molar-refractivity contribution is 5.31. The maximum atomic E-state index is 13.7. The third kappa shape index (κ3) is 3.54. The van der Waals surface area contributed by atoms with Crippen molar-refractivity contribution in [1.29, 1.82) is 0 Å². The fourth-order valence-electron chi connectivity index (χ4n) is 1.63. The predicted octanol–water partition coefficient (Wildman–Crippen LogP) is 6.39. The molecule has 0 bridgehead atoms. The number of hydrogen-bond acceptors (Lipinski definition) is 1. The van der Waals surface area contributed by atoms with Crippen LogP contribution in [0.25, 0.3) is 0 Å². The molecule has 166 valence electrons. The lowest BCUT2D eigenvalue weighted by molar-refractivity contribution is -0.426. The second-order valence-corrected chi connectivity index (χ2v) is 4.82. The third-order valence-corrected chi connectivity index (χ3v) is 3.04. The summed E-state index contributed by atoms with van der Waals surface area (Å²) in [5.74, 6) is -40.3. The first-order valence-corrected chi connectivity index (χ1v) is 6.18. The van der Waals surface area contributed by atoms with Crippen LogP contribution >= 0.6 is 0 Å². The van der Waals surface area contributed by atoms with Gasteiger partial charge in [0.25, 0.3) is 0 Å². The number of halogens is 16. The summed E-state index contributed by atoms with van der Waals surface area (Å²) >= 11 is 0. The van der Waals surface area contributed by atoms with Crippen molar-refractivity contribution in [2.24, 2.45) is 0 Å². The van der Waals surface area contributed by atoms with E-state index in [1.807, 2.05) is 4.74 Å². The Morgan fingerprint density at radius 1 is 0.552 bits per heavy atom. The lowest BCUT2D eigenvalue weighted by Crippen LogP contribution is -2.62. The molecule has 1 aromatic rings. The summed E-state index contributed by atoms with van der Waals surface area (Å²) in [5, 5.41) is 0. The highest BCUT2D eigenvalue weighted by Gasteiger charge is 2.84. The lowest BCUT2D eigenvalue weighted by Gasteiger charge is -2.36. The van der Waals surface area contributed by atoms with Crippen molar-refractivity contribution >= 4 is 0 Å². The summed E-state index contributed by atoms with van der Waals surface area (Å²) in [5.41, 5.74) is -3.96. The standard InChI is InChI=1S/C12F16O/c13-2-1(3(14)5(16)6(17)4(2)15)9(21,22)10(23,24)11(25,26)12(27,28)29-8(20)7(18)19. The Bertz CT molecular complexity index is 808. The average molecular weight is 464 g/mol. The summed E-state index contributed by atoms with van der Waals surface area (Å²) in [6.45, 7) is 0. The van der Waals surface area contributed by atoms with Crippen molar-refractivity contribution in [3.63, 3.8) is 0 Å². The Kier molecular flexibility index (Phi) is 6.09. The van der Waals surface area contributed by atoms with Crippen LogP contribution in [0.3, 0.4) is 0 Å². The van der Waals surface area contributed by atoms with Crippen LogP contribution in [0.2, 0.25) is 0 Å². The van der Waals surface area contributed by atoms with Gasteiger partial charge in [-0.25, -0.2) is 22.0 Å². The molecule has 0 saturated heterocycles. The maximum Gasteiger partial charge on any atom is 0.472 e. The fourth-order valence-corrected chi connectivity index (χ4v) is 1.63. The molecular weight excluding hydrogens is 464 g/mol. The van der Waals surface area contributed by atoms with Gasteiger partial charge in [-0.3, -0.25) is 0 Å². The van der Waals surface area contributed by atoms with Gasteiger partial charge in [0.15, 0.2) is 23.3 Å². The van der Waals surface area contributed by atoms with Gasteiger partial charge in [-0.1, -0.05) is 0 Å². The molecule has 1 nitrogen and oxygen atoms in total. The van der Waals surface area contributed by atoms with E-state index >= 15 is 0 Å². The van der Waals surface area contributed by atoms with Crippen molar-refractivity contribution < 1.29 is 75.0 Å². The van der Waals surface area contributed by atoms with Gasteiger partial charge in [0.05, 0.1) is 0 Å². The van der Waals surface area contributed by atoms with Crippen molar-refractivity contribution in [3.8, 4) is 0 Å². The van der Waals surface area contributed by atoms with Gasteiger partial charge in [-0.05, 0) is 0 Å². The van der Waals surface area contributed by atoms with E-state index in [1.54, 1.807) is 0 Å². The first-order valence-electron chi connectivity index (χ1n) is 6.18. The van der Waals surface area contributed by atoms with E-state index in [0.717, 1.165) is 0 Å². The molecule has 0 aromatic heterocycles. The minimum absolute atomic E-state index is 1.88. The summed E-state index contributed by atoms with van der Waals surface area (Å²) in [6.07, 6.45) is -11.2. The first-order chi connectivity index (χ1) is 12.8. The SMILES string of the molecule is FC(F)=C(F)OC(F)(F)C(F)(F)C(F)(F)C(F)(F)c1c(F)c(F)c(F)c(F)c1F. The van der Waals surface area contributed by atoms with E-state index < -0.39 is 70.6 Å². The highest BCUT2D eigenvalue weighted by atomic mass is 19.4. The van der Waals surface area contributed by atoms with Crippen LogP contribution in [-0.2, 0) is 10.7 Å². The number of hydrogen-bond donors (Lipinski definition) is 0. The molecule has 0 saturated carbocycles. The second kappa shape index (κ2) is 7.16. The summed E-state index contributed by atoms with van der Waals surface area (Å²) in [4.78, 5) is 0. The van der Waals surface area contributed by atoms with E-state index in [2.05, 4.69) is 0 Å². The summed E-state index contributed by atoms with van der Waals surface area (Å²) < 4.78 is 209. The van der Waals surface area contributed by atoms with Gasteiger partial charge in [-0.15, -0.1) is 0 Å². The molecule has 1 aromatic carbocycles. The molecule has 0 N–H and O–H groups in total. The van der Waals surface area contributed by atoms with Crippen molar-refractivity contribution in [1.82, 2.24) is 0 Å². The molecule has 1 rings (SSSR count). The zero-order valence-electron chi connectivity index (χ0n) is 12.5. The molecule has 0 heterocycles. The minimum atomic E-state index is -7.80. The summed E-state index contributed by atoms with van der Waals surface area (Å²) in [7, 11) is 0. The van der Waals surface area contributed by atoms with E-state index in [-0.39, 0.29) is 0 Å². The third-order valence-electron chi connectivity index (χ3n) is 3.04. The largest absolute Gasteiger partial charge is 0.472 e. The zero-order chi connectivity index (χ0) is 23.3. The van der Waals surface area contributed by atoms with Crippen molar-refractivity contribution in [3.05, 3.63) is 46.7 Å². The molecule has 29 heavy (non-hydrogen) atoms. The molecule has 0 aliphatic carbocycles. The van der Waals surface area contributed by atoms with Crippen LogP contribution in [0, 0.1) is 29.1 Å². The van der Waals surface area contributed by atoms with Gasteiger partial charge in [0.2, 0.25) is 5.82 Å². The zero-order valence-corrected chi connectivity index (χ0v) is 12.5. The Morgan fingerprint density at radius 3 is 1.24 bits per heavy atom. The van der Waals surface area contributed by atoms with Gasteiger partial charge in [0, 0.05) is 0 Å². The predicted molar refractivity (Wildman–Crippen MR) is 56.4 cm³/mol. The molecule has 0 amide bonds. The Balaban J connectivity index is 3.73. The number of alkyl halides is 8. The van der Waals surface area contributed by atoms with Crippen LogP contribution in [-0.4, -0.2) is 18.0 Å². The summed E-state index contributed by atoms with van der Waals surface area (Å²) in [6, 6.07) is -3.93. The van der Waals surface area contributed by atoms with Crippen LogP contribution in [0.15, 0.2) is 12.1 Å². The molecule has 0 radical (unpaired) electrons. The topological polar surface area (TPSA) is 9.23 Å². The van der Waals surface area contributed by atoms with Gasteiger partial charge >= 0.3 is 36.0 Å². The Morgan fingerprint density at radius 2 is 0.897 bits per heavy atom. The molecule has 0 aliphatic heterocycles. The van der Waals surface area contributed by atoms with Crippen LogP contribution < -0.4 is 0 Å². The van der Waals surface area contributed by atoms with Crippen LogP contribution in [0.4, 0.5) is 70.2 Å². The fraction of sp³-hybridized carbons (Fsp3) is 0.333. The van der Waals surface area contributed by atoms with E-state index in [4.69, 9.17) is 0 Å². The Labute approximate surface area is 147 Å². The average Bonchev–Trinajstić information content (AvgIpc) is 2.57. The van der Waals surface area contributed by atoms with E-state index in [0.29, 0.717) is 0 Å². The monoisotopic (exact) mass is 464 g/mol. The minimum Gasteiger partial charge on any atom is -0.397 e. The second-order valence-electron chi connectivity index (χ2n) is 4.82. The van der Waals surface area contributed by atoms with Crippen molar-refractivity contribution in [2.45, 2.75) is 23.9 Å². The Hall–Kier alpha value is -2.36.